The molecular formula is C26H26N4O3. The molecule has 1 amide bonds. The maximum Gasteiger partial charge on any atom is 0.290 e. The molecule has 4 heterocycles. The fourth-order valence-electron chi connectivity index (χ4n) is 4.23. The van der Waals surface area contributed by atoms with Crippen LogP contribution in [0, 0.1) is 20.8 Å². The summed E-state index contributed by atoms with van der Waals surface area (Å²) in [6, 6.07) is 17.5. The number of pyridine rings is 2. The van der Waals surface area contributed by atoms with Gasteiger partial charge in [-0.3, -0.25) is 9.78 Å². The van der Waals surface area contributed by atoms with Crippen molar-refractivity contribution >= 4 is 28.4 Å². The predicted octanol–water partition coefficient (Wildman–Crippen LogP) is 5.11. The lowest BCUT2D eigenvalue weighted by atomic mass is 10.1. The van der Waals surface area contributed by atoms with Crippen molar-refractivity contribution in [3.63, 3.8) is 0 Å². The van der Waals surface area contributed by atoms with E-state index >= 15 is 0 Å². The number of hydrogen-bond acceptors (Lipinski definition) is 6. The first-order chi connectivity index (χ1) is 16.0. The van der Waals surface area contributed by atoms with Crippen molar-refractivity contribution in [1.82, 2.24) is 14.9 Å². The molecule has 1 N–H and O–H groups in total. The zero-order valence-electron chi connectivity index (χ0n) is 19.0. The van der Waals surface area contributed by atoms with Crippen LogP contribution in [0.25, 0.3) is 11.0 Å². The zero-order valence-corrected chi connectivity index (χ0v) is 19.0. The number of ether oxygens (including phenoxy) is 1. The van der Waals surface area contributed by atoms with Gasteiger partial charge < -0.3 is 19.4 Å². The third-order valence-corrected chi connectivity index (χ3v) is 5.86. The second-order valence-corrected chi connectivity index (χ2v) is 8.37. The molecule has 33 heavy (non-hydrogen) atoms. The number of nitrogens with one attached hydrogen (secondary N) is 1. The van der Waals surface area contributed by atoms with Crippen molar-refractivity contribution < 1.29 is 13.9 Å². The maximum absolute atomic E-state index is 13.3. The van der Waals surface area contributed by atoms with Crippen molar-refractivity contribution in [1.29, 1.82) is 0 Å². The Kier molecular flexibility index (Phi) is 5.56. The molecular weight excluding hydrogens is 416 g/mol. The summed E-state index contributed by atoms with van der Waals surface area (Å²) in [6.45, 7) is 7.19. The van der Waals surface area contributed by atoms with Gasteiger partial charge in [-0.2, -0.15) is 0 Å². The molecule has 4 aromatic rings. The van der Waals surface area contributed by atoms with Gasteiger partial charge in [0.05, 0.1) is 18.8 Å². The number of morpholine rings is 1. The molecule has 3 aromatic heterocycles. The fraction of sp³-hybridized carbons (Fsp3) is 0.269. The SMILES string of the molecule is Cc1cccc(Nc2cc(C)nc([C@@H]3CN(C(=O)c4oc5ccccc5c4C)CCO3)c2)n1. The molecule has 1 aliphatic rings. The van der Waals surface area contributed by atoms with E-state index in [1.807, 2.05) is 75.4 Å². The Bertz CT molecular complexity index is 1330. The summed E-state index contributed by atoms with van der Waals surface area (Å²) in [4.78, 5) is 24.3. The van der Waals surface area contributed by atoms with E-state index in [9.17, 15) is 4.79 Å². The van der Waals surface area contributed by atoms with Gasteiger partial charge in [0, 0.05) is 34.6 Å². The lowest BCUT2D eigenvalue weighted by molar-refractivity contribution is -0.0256. The van der Waals surface area contributed by atoms with E-state index in [0.717, 1.165) is 45.1 Å². The highest BCUT2D eigenvalue weighted by Crippen LogP contribution is 2.29. The second kappa shape index (κ2) is 8.67. The van der Waals surface area contributed by atoms with E-state index < -0.39 is 0 Å². The normalized spacial score (nSPS) is 16.2. The first-order valence-electron chi connectivity index (χ1n) is 11.1. The lowest BCUT2D eigenvalue weighted by Gasteiger charge is -2.32. The minimum atomic E-state index is -0.321. The van der Waals surface area contributed by atoms with Crippen LogP contribution in [0.4, 0.5) is 11.5 Å². The number of carbonyl (C=O) groups excluding carboxylic acids is 1. The van der Waals surface area contributed by atoms with Crippen LogP contribution >= 0.6 is 0 Å². The highest BCUT2D eigenvalue weighted by atomic mass is 16.5. The van der Waals surface area contributed by atoms with E-state index in [1.54, 1.807) is 4.90 Å². The van der Waals surface area contributed by atoms with Gasteiger partial charge in [0.1, 0.15) is 17.5 Å². The molecule has 0 radical (unpaired) electrons. The highest BCUT2D eigenvalue weighted by molar-refractivity contribution is 5.99. The summed E-state index contributed by atoms with van der Waals surface area (Å²) in [6.07, 6.45) is -0.321. The Hall–Kier alpha value is -3.71. The van der Waals surface area contributed by atoms with E-state index in [2.05, 4.69) is 15.3 Å². The quantitative estimate of drug-likeness (QED) is 0.473. The summed E-state index contributed by atoms with van der Waals surface area (Å²) in [5.74, 6) is 1.04. The third kappa shape index (κ3) is 4.32. The fourth-order valence-corrected chi connectivity index (χ4v) is 4.23. The van der Waals surface area contributed by atoms with Gasteiger partial charge in [-0.25, -0.2) is 4.98 Å². The Morgan fingerprint density at radius 1 is 1.03 bits per heavy atom. The van der Waals surface area contributed by atoms with Crippen LogP contribution in [-0.4, -0.2) is 40.5 Å². The first kappa shape index (κ1) is 21.2. The average molecular weight is 443 g/mol. The Morgan fingerprint density at radius 2 is 1.88 bits per heavy atom. The molecule has 1 fully saturated rings. The number of benzene rings is 1. The minimum absolute atomic E-state index is 0.119. The van der Waals surface area contributed by atoms with Crippen molar-refractivity contribution in [2.24, 2.45) is 0 Å². The number of amides is 1. The van der Waals surface area contributed by atoms with Gasteiger partial charge in [0.15, 0.2) is 5.76 Å². The van der Waals surface area contributed by atoms with Crippen molar-refractivity contribution in [3.8, 4) is 0 Å². The number of aromatic nitrogens is 2. The van der Waals surface area contributed by atoms with Gasteiger partial charge in [-0.15, -0.1) is 0 Å². The van der Waals surface area contributed by atoms with Gasteiger partial charge in [-0.1, -0.05) is 24.3 Å². The van der Waals surface area contributed by atoms with Gasteiger partial charge >= 0.3 is 0 Å². The van der Waals surface area contributed by atoms with Crippen LogP contribution in [0.3, 0.4) is 0 Å². The Balaban J connectivity index is 1.37. The molecule has 0 spiro atoms. The maximum atomic E-state index is 13.3. The number of rotatable bonds is 4. The molecule has 7 nitrogen and oxygen atoms in total. The van der Waals surface area contributed by atoms with Gasteiger partial charge in [0.25, 0.3) is 5.91 Å². The van der Waals surface area contributed by atoms with Crippen LogP contribution in [0.15, 0.2) is 59.0 Å². The lowest BCUT2D eigenvalue weighted by Crippen LogP contribution is -2.42. The molecule has 1 atom stereocenters. The molecule has 168 valence electrons. The number of hydrogen-bond donors (Lipinski definition) is 1. The Morgan fingerprint density at radius 3 is 2.70 bits per heavy atom. The van der Waals surface area contributed by atoms with E-state index in [4.69, 9.17) is 9.15 Å². The molecule has 0 aliphatic carbocycles. The van der Waals surface area contributed by atoms with Crippen LogP contribution < -0.4 is 5.32 Å². The third-order valence-electron chi connectivity index (χ3n) is 5.86. The zero-order chi connectivity index (χ0) is 22.9. The largest absolute Gasteiger partial charge is 0.451 e. The van der Waals surface area contributed by atoms with Crippen LogP contribution in [0.1, 0.15) is 39.3 Å². The molecule has 1 aliphatic heterocycles. The average Bonchev–Trinajstić information content (AvgIpc) is 3.15. The number of carbonyl (C=O) groups is 1. The minimum Gasteiger partial charge on any atom is -0.451 e. The summed E-state index contributed by atoms with van der Waals surface area (Å²) in [7, 11) is 0. The smallest absolute Gasteiger partial charge is 0.290 e. The van der Waals surface area contributed by atoms with Crippen molar-refractivity contribution in [3.05, 3.63) is 83.0 Å². The van der Waals surface area contributed by atoms with Crippen molar-refractivity contribution in [2.75, 3.05) is 25.0 Å². The summed E-state index contributed by atoms with van der Waals surface area (Å²) >= 11 is 0. The van der Waals surface area contributed by atoms with Crippen LogP contribution in [-0.2, 0) is 4.74 Å². The highest BCUT2D eigenvalue weighted by Gasteiger charge is 2.30. The number of fused-ring (bicyclic) bond motifs is 1. The van der Waals surface area contributed by atoms with E-state index in [0.29, 0.717) is 25.5 Å². The number of aryl methyl sites for hydroxylation is 3. The molecule has 0 unspecified atom stereocenters. The molecule has 5 rings (SSSR count). The second-order valence-electron chi connectivity index (χ2n) is 8.37. The molecule has 7 heteroatoms. The van der Waals surface area contributed by atoms with Gasteiger partial charge in [0.2, 0.25) is 0 Å². The monoisotopic (exact) mass is 442 g/mol. The summed E-state index contributed by atoms with van der Waals surface area (Å²) < 4.78 is 11.9. The Labute approximate surface area is 192 Å². The van der Waals surface area contributed by atoms with E-state index in [-0.39, 0.29) is 12.0 Å². The standard InChI is InChI=1S/C26H26N4O3/c1-16-7-6-10-24(28-16)29-19-13-17(2)27-21(14-19)23-15-30(11-12-32-23)26(31)25-18(3)20-8-4-5-9-22(20)33-25/h4-10,13-14,23H,11-12,15H2,1-3H3,(H,27,28,29)/t23-/m0/s1. The van der Waals surface area contributed by atoms with Crippen LogP contribution in [0.2, 0.25) is 0 Å². The first-order valence-corrected chi connectivity index (χ1v) is 11.1. The number of anilines is 2. The van der Waals surface area contributed by atoms with E-state index in [1.165, 1.54) is 0 Å². The number of para-hydroxylation sites is 1. The molecule has 0 saturated carbocycles. The predicted molar refractivity (Wildman–Crippen MR) is 127 cm³/mol. The molecule has 0 bridgehead atoms. The van der Waals surface area contributed by atoms with Crippen LogP contribution in [0.5, 0.6) is 0 Å². The molecule has 1 aromatic carbocycles. The number of nitrogens with zero attached hydrogens (tertiary/aromatic N) is 3. The summed E-state index contributed by atoms with van der Waals surface area (Å²) in [5.41, 5.74) is 5.06. The topological polar surface area (TPSA) is 80.5 Å². The summed E-state index contributed by atoms with van der Waals surface area (Å²) in [5, 5.41) is 4.31. The van der Waals surface area contributed by atoms with Gasteiger partial charge in [-0.05, 0) is 51.1 Å². The number of furan rings is 1. The van der Waals surface area contributed by atoms with Crippen molar-refractivity contribution in [2.45, 2.75) is 26.9 Å². The molecule has 1 saturated heterocycles.